The van der Waals surface area contributed by atoms with Crippen LogP contribution in [0.2, 0.25) is 10.0 Å². The van der Waals surface area contributed by atoms with E-state index in [-0.39, 0.29) is 23.8 Å². The van der Waals surface area contributed by atoms with Gasteiger partial charge in [0.15, 0.2) is 11.5 Å². The fourth-order valence-corrected chi connectivity index (χ4v) is 4.77. The molecule has 0 fully saturated rings. The maximum atomic E-state index is 12.6. The Kier molecular flexibility index (Phi) is 8.34. The summed E-state index contributed by atoms with van der Waals surface area (Å²) in [6, 6.07) is 26.4. The Hall–Kier alpha value is -4.64. The molecule has 0 radical (unpaired) electrons. The summed E-state index contributed by atoms with van der Waals surface area (Å²) in [5.41, 5.74) is 9.04. The lowest BCUT2D eigenvalue weighted by Gasteiger charge is -2.27. The van der Waals surface area contributed by atoms with E-state index < -0.39 is 11.9 Å². The molecule has 0 spiro atoms. The molecule has 1 heterocycles. The van der Waals surface area contributed by atoms with Crippen LogP contribution in [-0.4, -0.2) is 12.6 Å². The summed E-state index contributed by atoms with van der Waals surface area (Å²) >= 11 is 12.2. The van der Waals surface area contributed by atoms with E-state index in [1.165, 1.54) is 0 Å². The van der Waals surface area contributed by atoms with Crippen LogP contribution in [0.1, 0.15) is 39.9 Å². The van der Waals surface area contributed by atoms with Crippen molar-refractivity contribution in [3.8, 4) is 29.1 Å². The van der Waals surface area contributed by atoms with Gasteiger partial charge in [0.25, 0.3) is 0 Å². The van der Waals surface area contributed by atoms with E-state index in [0.717, 1.165) is 11.1 Å². The minimum atomic E-state index is -0.554. The molecule has 0 saturated heterocycles. The van der Waals surface area contributed by atoms with Gasteiger partial charge in [0.05, 0.1) is 18.1 Å². The van der Waals surface area contributed by atoms with Crippen LogP contribution < -0.4 is 24.7 Å². The monoisotopic (exact) mass is 586 g/mol. The van der Waals surface area contributed by atoms with Crippen molar-refractivity contribution in [2.45, 2.75) is 19.4 Å². The van der Waals surface area contributed by atoms with Crippen LogP contribution in [0.4, 0.5) is 0 Å². The Morgan fingerprint density at radius 3 is 2.49 bits per heavy atom. The Balaban J connectivity index is 1.45. The van der Waals surface area contributed by atoms with E-state index in [1.807, 2.05) is 37.3 Å². The highest BCUT2D eigenvalue weighted by Gasteiger charge is 2.32. The number of hydrogen-bond donors (Lipinski definition) is 1. The van der Waals surface area contributed by atoms with Gasteiger partial charge in [-0.3, -0.25) is 0 Å². The molecule has 206 valence electrons. The van der Waals surface area contributed by atoms with Gasteiger partial charge in [-0.2, -0.15) is 5.26 Å². The van der Waals surface area contributed by atoms with Gasteiger partial charge in [-0.15, -0.1) is 0 Å². The van der Waals surface area contributed by atoms with Crippen molar-refractivity contribution < 1.29 is 23.7 Å². The molecular weight excluding hydrogens is 563 g/mol. The van der Waals surface area contributed by atoms with Gasteiger partial charge < -0.3 is 24.7 Å². The Labute approximate surface area is 247 Å². The molecule has 4 aromatic rings. The van der Waals surface area contributed by atoms with Crippen LogP contribution in [0.5, 0.6) is 23.0 Å². The number of allylic oxidation sites excluding steroid dienone is 1. The lowest BCUT2D eigenvalue weighted by Crippen LogP contribution is -2.21. The van der Waals surface area contributed by atoms with Crippen molar-refractivity contribution in [2.24, 2.45) is 5.73 Å². The highest BCUT2D eigenvalue weighted by atomic mass is 35.5. The van der Waals surface area contributed by atoms with Crippen molar-refractivity contribution in [3.05, 3.63) is 129 Å². The third-order valence-corrected chi connectivity index (χ3v) is 7.04. The molecule has 0 saturated carbocycles. The number of hydrogen-bond acceptors (Lipinski definition) is 7. The largest absolute Gasteiger partial charge is 0.490 e. The minimum absolute atomic E-state index is 0.0387. The van der Waals surface area contributed by atoms with Crippen LogP contribution in [-0.2, 0) is 6.61 Å². The number of esters is 1. The smallest absolute Gasteiger partial charge is 0.343 e. The molecule has 5 rings (SSSR count). The first-order valence-corrected chi connectivity index (χ1v) is 13.5. The van der Waals surface area contributed by atoms with Gasteiger partial charge >= 0.3 is 5.97 Å². The molecule has 0 aliphatic carbocycles. The van der Waals surface area contributed by atoms with Gasteiger partial charge in [0, 0.05) is 27.2 Å². The molecule has 9 heteroatoms. The predicted molar refractivity (Wildman–Crippen MR) is 156 cm³/mol. The zero-order valence-electron chi connectivity index (χ0n) is 21.9. The first-order chi connectivity index (χ1) is 19.9. The van der Waals surface area contributed by atoms with Crippen LogP contribution in [0, 0.1) is 11.3 Å². The predicted octanol–water partition coefficient (Wildman–Crippen LogP) is 7.41. The highest BCUT2D eigenvalue weighted by Crippen LogP contribution is 2.45. The first kappa shape index (κ1) is 27.9. The average molecular weight is 587 g/mol. The number of fused-ring (bicyclic) bond motifs is 1. The van der Waals surface area contributed by atoms with Crippen molar-refractivity contribution >= 4 is 29.2 Å². The fraction of sp³-hybridized carbons (Fsp3) is 0.125. The van der Waals surface area contributed by atoms with Crippen molar-refractivity contribution in [1.29, 1.82) is 5.26 Å². The summed E-state index contributed by atoms with van der Waals surface area (Å²) in [6.45, 7) is 2.54. The average Bonchev–Trinajstić information content (AvgIpc) is 2.97. The highest BCUT2D eigenvalue weighted by molar-refractivity contribution is 6.31. The zero-order valence-corrected chi connectivity index (χ0v) is 23.4. The number of benzene rings is 4. The summed E-state index contributed by atoms with van der Waals surface area (Å²) in [6.07, 6.45) is 0. The quantitative estimate of drug-likeness (QED) is 0.169. The van der Waals surface area contributed by atoms with E-state index in [4.69, 9.17) is 47.9 Å². The van der Waals surface area contributed by atoms with Gasteiger partial charge in [-0.25, -0.2) is 4.79 Å². The van der Waals surface area contributed by atoms with E-state index in [0.29, 0.717) is 45.0 Å². The van der Waals surface area contributed by atoms with Crippen molar-refractivity contribution in [1.82, 2.24) is 0 Å². The van der Waals surface area contributed by atoms with Crippen LogP contribution in [0.15, 0.2) is 96.4 Å². The summed E-state index contributed by atoms with van der Waals surface area (Å²) in [4.78, 5) is 12.6. The maximum absolute atomic E-state index is 12.6. The maximum Gasteiger partial charge on any atom is 0.343 e. The second kappa shape index (κ2) is 12.3. The molecule has 4 aromatic carbocycles. The molecule has 0 amide bonds. The van der Waals surface area contributed by atoms with E-state index in [9.17, 15) is 10.1 Å². The SMILES string of the molecule is CCOc1cc(C2C(C#N)=C(N)Oc3cc(OC(=O)c4ccc(Cl)cc4)ccc32)ccc1OCc1ccccc1Cl. The topological polar surface area (TPSA) is 104 Å². The number of nitriles is 1. The number of ether oxygens (including phenoxy) is 4. The molecule has 1 atom stereocenters. The molecule has 1 aliphatic heterocycles. The summed E-state index contributed by atoms with van der Waals surface area (Å²) in [7, 11) is 0. The molecule has 0 bridgehead atoms. The van der Waals surface area contributed by atoms with Crippen molar-refractivity contribution in [2.75, 3.05) is 6.61 Å². The van der Waals surface area contributed by atoms with E-state index >= 15 is 0 Å². The van der Waals surface area contributed by atoms with Gasteiger partial charge in [0.2, 0.25) is 5.88 Å². The number of rotatable bonds is 8. The molecule has 1 unspecified atom stereocenters. The number of halogens is 2. The lowest BCUT2D eigenvalue weighted by molar-refractivity contribution is 0.0734. The van der Waals surface area contributed by atoms with Gasteiger partial charge in [0.1, 0.15) is 29.7 Å². The Bertz CT molecular complexity index is 1680. The molecule has 1 aliphatic rings. The third-order valence-electron chi connectivity index (χ3n) is 6.42. The number of nitrogens with two attached hydrogens (primary N) is 1. The number of nitrogens with zero attached hydrogens (tertiary/aromatic N) is 1. The minimum Gasteiger partial charge on any atom is -0.490 e. The van der Waals surface area contributed by atoms with Gasteiger partial charge in [-0.1, -0.05) is 53.5 Å². The second-order valence-corrected chi connectivity index (χ2v) is 9.88. The third kappa shape index (κ3) is 6.09. The summed E-state index contributed by atoms with van der Waals surface area (Å²) in [5.74, 6) is 0.518. The zero-order chi connectivity index (χ0) is 28.9. The fourth-order valence-electron chi connectivity index (χ4n) is 4.46. The standard InChI is InChI=1S/C32H24Cl2N2O5/c1-2-38-29-15-20(9-14-27(29)39-18-21-5-3-4-6-26(21)34)30-24-13-12-23(16-28(24)41-31(36)25(30)17-35)40-32(37)19-7-10-22(33)11-8-19/h3-16,30H,2,18,36H2,1H3. The molecule has 7 nitrogen and oxygen atoms in total. The lowest BCUT2D eigenvalue weighted by atomic mass is 9.83. The summed E-state index contributed by atoms with van der Waals surface area (Å²) in [5, 5.41) is 11.1. The molecule has 2 N–H and O–H groups in total. The molecular formula is C32H24Cl2N2O5. The van der Waals surface area contributed by atoms with Crippen LogP contribution in [0.3, 0.4) is 0 Å². The van der Waals surface area contributed by atoms with E-state index in [1.54, 1.807) is 54.6 Å². The van der Waals surface area contributed by atoms with Crippen molar-refractivity contribution in [3.63, 3.8) is 0 Å². The molecule has 0 aromatic heterocycles. The van der Waals surface area contributed by atoms with E-state index in [2.05, 4.69) is 6.07 Å². The number of carbonyl (C=O) groups is 1. The number of carbonyl (C=O) groups excluding carboxylic acids is 1. The van der Waals surface area contributed by atoms with Crippen LogP contribution >= 0.6 is 23.2 Å². The second-order valence-electron chi connectivity index (χ2n) is 9.04. The van der Waals surface area contributed by atoms with Crippen LogP contribution in [0.25, 0.3) is 0 Å². The molecule has 41 heavy (non-hydrogen) atoms. The summed E-state index contributed by atoms with van der Waals surface area (Å²) < 4.78 is 23.3. The Morgan fingerprint density at radius 2 is 1.76 bits per heavy atom. The first-order valence-electron chi connectivity index (χ1n) is 12.7. The van der Waals surface area contributed by atoms with Gasteiger partial charge in [-0.05, 0) is 61.0 Å². The Morgan fingerprint density at radius 1 is 0.976 bits per heavy atom. The normalized spacial score (nSPS) is 14.0.